The van der Waals surface area contributed by atoms with E-state index in [0.717, 1.165) is 18.5 Å². The van der Waals surface area contributed by atoms with Crippen molar-refractivity contribution in [2.75, 3.05) is 11.1 Å². The molecule has 0 fully saturated rings. The van der Waals surface area contributed by atoms with Crippen LogP contribution in [-0.2, 0) is 16.4 Å². The van der Waals surface area contributed by atoms with Crippen molar-refractivity contribution < 1.29 is 8.42 Å². The van der Waals surface area contributed by atoms with Crippen LogP contribution in [0.25, 0.3) is 0 Å². The van der Waals surface area contributed by atoms with E-state index in [4.69, 9.17) is 10.9 Å². The van der Waals surface area contributed by atoms with E-state index in [1.165, 1.54) is 11.6 Å². The van der Waals surface area contributed by atoms with Crippen molar-refractivity contribution in [3.05, 3.63) is 48.0 Å². The Labute approximate surface area is 125 Å². The van der Waals surface area contributed by atoms with Gasteiger partial charge in [-0.2, -0.15) is 0 Å². The van der Waals surface area contributed by atoms with Crippen molar-refractivity contribution in [3.63, 3.8) is 0 Å². The van der Waals surface area contributed by atoms with E-state index in [0.29, 0.717) is 11.4 Å². The molecule has 112 valence electrons. The SMILES string of the molecule is CCCc1ccc(Nc2ccc(N)cc2S(N)(=O)=O)cc1. The van der Waals surface area contributed by atoms with Crippen LogP contribution in [0.5, 0.6) is 0 Å². The summed E-state index contributed by atoms with van der Waals surface area (Å²) in [6.45, 7) is 2.12. The lowest BCUT2D eigenvalue weighted by molar-refractivity contribution is 0.598. The van der Waals surface area contributed by atoms with Crippen molar-refractivity contribution in [2.45, 2.75) is 24.7 Å². The molecule has 0 bridgehead atoms. The van der Waals surface area contributed by atoms with E-state index in [9.17, 15) is 8.42 Å². The number of hydrogen-bond acceptors (Lipinski definition) is 4. The number of nitrogen functional groups attached to an aromatic ring is 1. The Hall–Kier alpha value is -2.05. The van der Waals surface area contributed by atoms with E-state index >= 15 is 0 Å². The van der Waals surface area contributed by atoms with Gasteiger partial charge in [0, 0.05) is 11.4 Å². The van der Waals surface area contributed by atoms with Crippen LogP contribution < -0.4 is 16.2 Å². The van der Waals surface area contributed by atoms with Crippen LogP contribution >= 0.6 is 0 Å². The van der Waals surface area contributed by atoms with Crippen molar-refractivity contribution in [1.29, 1.82) is 0 Å². The molecule has 0 aromatic heterocycles. The molecule has 5 nitrogen and oxygen atoms in total. The molecule has 0 spiro atoms. The van der Waals surface area contributed by atoms with E-state index < -0.39 is 10.0 Å². The lowest BCUT2D eigenvalue weighted by atomic mass is 10.1. The number of primary sulfonamides is 1. The van der Waals surface area contributed by atoms with E-state index in [1.54, 1.807) is 12.1 Å². The number of anilines is 3. The van der Waals surface area contributed by atoms with Crippen LogP contribution in [0.3, 0.4) is 0 Å². The minimum absolute atomic E-state index is 0.0138. The van der Waals surface area contributed by atoms with Gasteiger partial charge in [0.1, 0.15) is 4.90 Å². The highest BCUT2D eigenvalue weighted by Crippen LogP contribution is 2.26. The topological polar surface area (TPSA) is 98.2 Å². The summed E-state index contributed by atoms with van der Waals surface area (Å²) in [6, 6.07) is 12.4. The summed E-state index contributed by atoms with van der Waals surface area (Å²) in [6.07, 6.45) is 2.10. The Morgan fingerprint density at radius 2 is 1.76 bits per heavy atom. The average molecular weight is 305 g/mol. The second kappa shape index (κ2) is 6.15. The van der Waals surface area contributed by atoms with Crippen molar-refractivity contribution in [3.8, 4) is 0 Å². The van der Waals surface area contributed by atoms with Gasteiger partial charge in [-0.1, -0.05) is 25.5 Å². The first kappa shape index (κ1) is 15.3. The van der Waals surface area contributed by atoms with Crippen molar-refractivity contribution in [1.82, 2.24) is 0 Å². The zero-order valence-corrected chi connectivity index (χ0v) is 12.7. The van der Waals surface area contributed by atoms with Crippen molar-refractivity contribution >= 4 is 27.1 Å². The number of sulfonamides is 1. The van der Waals surface area contributed by atoms with Crippen LogP contribution in [0.4, 0.5) is 17.1 Å². The molecule has 0 heterocycles. The molecule has 21 heavy (non-hydrogen) atoms. The highest BCUT2D eigenvalue weighted by molar-refractivity contribution is 7.89. The van der Waals surface area contributed by atoms with Gasteiger partial charge in [-0.05, 0) is 42.3 Å². The van der Waals surface area contributed by atoms with Crippen LogP contribution in [0.2, 0.25) is 0 Å². The Kier molecular flexibility index (Phi) is 4.50. The molecule has 0 unspecified atom stereocenters. The molecule has 0 atom stereocenters. The van der Waals surface area contributed by atoms with Crippen LogP contribution in [0, 0.1) is 0 Å². The summed E-state index contributed by atoms with van der Waals surface area (Å²) < 4.78 is 23.2. The molecule has 0 amide bonds. The maximum atomic E-state index is 11.6. The number of nitrogens with one attached hydrogen (secondary N) is 1. The van der Waals surface area contributed by atoms with Crippen LogP contribution in [-0.4, -0.2) is 8.42 Å². The molecule has 5 N–H and O–H groups in total. The predicted molar refractivity (Wildman–Crippen MR) is 85.9 cm³/mol. The molecule has 2 aromatic rings. The molecule has 6 heteroatoms. The van der Waals surface area contributed by atoms with Crippen LogP contribution in [0.1, 0.15) is 18.9 Å². The van der Waals surface area contributed by atoms with Gasteiger partial charge < -0.3 is 11.1 Å². The molecular weight excluding hydrogens is 286 g/mol. The largest absolute Gasteiger partial charge is 0.399 e. The Bertz CT molecular complexity index is 725. The van der Waals surface area contributed by atoms with E-state index in [2.05, 4.69) is 12.2 Å². The third kappa shape index (κ3) is 3.96. The maximum Gasteiger partial charge on any atom is 0.240 e. The molecule has 0 aliphatic carbocycles. The normalized spacial score (nSPS) is 11.3. The summed E-state index contributed by atoms with van der Waals surface area (Å²) in [5, 5.41) is 8.28. The lowest BCUT2D eigenvalue weighted by Crippen LogP contribution is -2.14. The van der Waals surface area contributed by atoms with Gasteiger partial charge in [0.25, 0.3) is 0 Å². The second-order valence-electron chi connectivity index (χ2n) is 4.87. The van der Waals surface area contributed by atoms with E-state index in [-0.39, 0.29) is 4.90 Å². The quantitative estimate of drug-likeness (QED) is 0.739. The van der Waals surface area contributed by atoms with Gasteiger partial charge in [-0.3, -0.25) is 0 Å². The maximum absolute atomic E-state index is 11.6. The highest BCUT2D eigenvalue weighted by atomic mass is 32.2. The number of hydrogen-bond donors (Lipinski definition) is 3. The minimum atomic E-state index is -3.84. The average Bonchev–Trinajstić information content (AvgIpc) is 2.42. The third-order valence-corrected chi connectivity index (χ3v) is 4.03. The Balaban J connectivity index is 2.31. The van der Waals surface area contributed by atoms with Crippen LogP contribution in [0.15, 0.2) is 47.4 Å². The van der Waals surface area contributed by atoms with Gasteiger partial charge in [0.05, 0.1) is 5.69 Å². The van der Waals surface area contributed by atoms with Gasteiger partial charge in [-0.25, -0.2) is 13.6 Å². The van der Waals surface area contributed by atoms with Gasteiger partial charge in [0.15, 0.2) is 0 Å². The first-order chi connectivity index (χ1) is 9.90. The Morgan fingerprint density at radius 3 is 2.33 bits per heavy atom. The van der Waals surface area contributed by atoms with Crippen molar-refractivity contribution in [2.24, 2.45) is 5.14 Å². The van der Waals surface area contributed by atoms with Gasteiger partial charge in [0.2, 0.25) is 10.0 Å². The summed E-state index contributed by atoms with van der Waals surface area (Å²) in [7, 11) is -3.84. The first-order valence-corrected chi connectivity index (χ1v) is 8.23. The monoisotopic (exact) mass is 305 g/mol. The molecule has 0 saturated heterocycles. The van der Waals surface area contributed by atoms with Gasteiger partial charge in [-0.15, -0.1) is 0 Å². The molecule has 2 aromatic carbocycles. The standard InChI is InChI=1S/C15H19N3O2S/c1-2-3-11-4-7-13(8-5-11)18-14-9-6-12(16)10-15(14)21(17,19)20/h4-10,18H,2-3,16H2,1H3,(H2,17,19,20). The third-order valence-electron chi connectivity index (χ3n) is 3.08. The number of nitrogens with two attached hydrogens (primary N) is 2. The fourth-order valence-electron chi connectivity index (χ4n) is 2.08. The number of rotatable bonds is 5. The van der Waals surface area contributed by atoms with E-state index in [1.807, 2.05) is 24.3 Å². The van der Waals surface area contributed by atoms with Gasteiger partial charge >= 0.3 is 0 Å². The summed E-state index contributed by atoms with van der Waals surface area (Å²) >= 11 is 0. The predicted octanol–water partition coefficient (Wildman–Crippen LogP) is 2.61. The first-order valence-electron chi connectivity index (χ1n) is 6.68. The summed E-state index contributed by atoms with van der Waals surface area (Å²) in [4.78, 5) is -0.0138. The fourth-order valence-corrected chi connectivity index (χ4v) is 2.80. The Morgan fingerprint density at radius 1 is 1.10 bits per heavy atom. The number of benzene rings is 2. The molecule has 0 radical (unpaired) electrons. The molecule has 0 aliphatic rings. The molecule has 0 aliphatic heterocycles. The lowest BCUT2D eigenvalue weighted by Gasteiger charge is -2.12. The zero-order valence-electron chi connectivity index (χ0n) is 11.8. The smallest absolute Gasteiger partial charge is 0.240 e. The zero-order chi connectivity index (χ0) is 15.5. The highest BCUT2D eigenvalue weighted by Gasteiger charge is 2.14. The summed E-state index contributed by atoms with van der Waals surface area (Å²) in [5.74, 6) is 0. The fraction of sp³-hybridized carbons (Fsp3) is 0.200. The molecule has 2 rings (SSSR count). The molecule has 0 saturated carbocycles. The number of aryl methyl sites for hydroxylation is 1. The summed E-state index contributed by atoms with van der Waals surface area (Å²) in [5.41, 5.74) is 8.42. The second-order valence-corrected chi connectivity index (χ2v) is 6.40. The minimum Gasteiger partial charge on any atom is -0.399 e. The molecular formula is C15H19N3O2S.